The maximum Gasteiger partial charge on any atom is 0.137 e. The molecule has 0 aromatic carbocycles. The van der Waals surface area contributed by atoms with Gasteiger partial charge in [-0.25, -0.2) is 0 Å². The molecular formula is C11H20N2O. The van der Waals surface area contributed by atoms with Gasteiger partial charge in [-0.2, -0.15) is 0 Å². The van der Waals surface area contributed by atoms with E-state index in [0.717, 1.165) is 30.8 Å². The zero-order chi connectivity index (χ0) is 10.6. The van der Waals surface area contributed by atoms with Crippen LogP contribution >= 0.6 is 0 Å². The summed E-state index contributed by atoms with van der Waals surface area (Å²) >= 11 is 0. The molecule has 1 aromatic rings. The van der Waals surface area contributed by atoms with Crippen LogP contribution in [0.15, 0.2) is 4.52 Å². The van der Waals surface area contributed by atoms with Crippen LogP contribution < -0.4 is 5.32 Å². The van der Waals surface area contributed by atoms with E-state index in [1.807, 2.05) is 13.8 Å². The molecular weight excluding hydrogens is 176 g/mol. The monoisotopic (exact) mass is 196 g/mol. The predicted octanol–water partition coefficient (Wildman–Crippen LogP) is 2.22. The average Bonchev–Trinajstić information content (AvgIpc) is 2.42. The van der Waals surface area contributed by atoms with Gasteiger partial charge in [0.2, 0.25) is 0 Å². The minimum absolute atomic E-state index is 0.569. The topological polar surface area (TPSA) is 38.1 Å². The molecule has 0 saturated heterocycles. The number of hydrogen-bond acceptors (Lipinski definition) is 3. The molecule has 80 valence electrons. The van der Waals surface area contributed by atoms with E-state index in [2.05, 4.69) is 24.3 Å². The van der Waals surface area contributed by atoms with Crippen molar-refractivity contribution in [3.05, 3.63) is 17.0 Å². The van der Waals surface area contributed by atoms with Gasteiger partial charge in [0.25, 0.3) is 0 Å². The Morgan fingerprint density at radius 3 is 2.57 bits per heavy atom. The Morgan fingerprint density at radius 1 is 1.36 bits per heavy atom. The van der Waals surface area contributed by atoms with Crippen LogP contribution in [0.5, 0.6) is 0 Å². The molecule has 3 nitrogen and oxygen atoms in total. The van der Waals surface area contributed by atoms with Gasteiger partial charge in [0.05, 0.1) is 5.69 Å². The smallest absolute Gasteiger partial charge is 0.137 e. The fraction of sp³-hybridized carbons (Fsp3) is 0.727. The highest BCUT2D eigenvalue weighted by Gasteiger charge is 2.07. The first-order valence-electron chi connectivity index (χ1n) is 5.26. The molecule has 0 saturated carbocycles. The van der Waals surface area contributed by atoms with Crippen molar-refractivity contribution < 1.29 is 4.52 Å². The number of nitrogens with zero attached hydrogens (tertiary/aromatic N) is 1. The molecule has 0 radical (unpaired) electrons. The van der Waals surface area contributed by atoms with Crippen LogP contribution in [0.3, 0.4) is 0 Å². The van der Waals surface area contributed by atoms with Crippen molar-refractivity contribution in [2.45, 2.75) is 46.6 Å². The molecule has 0 atom stereocenters. The van der Waals surface area contributed by atoms with Gasteiger partial charge < -0.3 is 9.84 Å². The van der Waals surface area contributed by atoms with Crippen molar-refractivity contribution in [3.8, 4) is 0 Å². The highest BCUT2D eigenvalue weighted by Crippen LogP contribution is 2.13. The van der Waals surface area contributed by atoms with Crippen molar-refractivity contribution in [1.29, 1.82) is 0 Å². The van der Waals surface area contributed by atoms with E-state index in [1.165, 1.54) is 5.56 Å². The van der Waals surface area contributed by atoms with E-state index in [-0.39, 0.29) is 0 Å². The zero-order valence-corrected chi connectivity index (χ0v) is 9.55. The lowest BCUT2D eigenvalue weighted by molar-refractivity contribution is 0.392. The van der Waals surface area contributed by atoms with Gasteiger partial charge in [0.15, 0.2) is 0 Å². The normalized spacial score (nSPS) is 11.2. The van der Waals surface area contributed by atoms with E-state index in [0.29, 0.717) is 6.04 Å². The van der Waals surface area contributed by atoms with Crippen LogP contribution in [0.25, 0.3) is 0 Å². The summed E-state index contributed by atoms with van der Waals surface area (Å²) in [6.07, 6.45) is 2.20. The molecule has 0 spiro atoms. The standard InChI is InChI=1S/C11H20N2O/c1-8(2)12-7-5-6-11-9(3)13-14-10(11)4/h8,12H,5-7H2,1-4H3. The van der Waals surface area contributed by atoms with Crippen molar-refractivity contribution in [1.82, 2.24) is 10.5 Å². The van der Waals surface area contributed by atoms with Crippen LogP contribution in [-0.2, 0) is 6.42 Å². The molecule has 1 N–H and O–H groups in total. The maximum absolute atomic E-state index is 5.10. The zero-order valence-electron chi connectivity index (χ0n) is 9.55. The molecule has 0 fully saturated rings. The number of rotatable bonds is 5. The largest absolute Gasteiger partial charge is 0.361 e. The lowest BCUT2D eigenvalue weighted by atomic mass is 10.1. The summed E-state index contributed by atoms with van der Waals surface area (Å²) in [5, 5.41) is 7.33. The summed E-state index contributed by atoms with van der Waals surface area (Å²) in [6.45, 7) is 9.36. The van der Waals surface area contributed by atoms with Crippen LogP contribution in [0.4, 0.5) is 0 Å². The third-order valence-corrected chi connectivity index (χ3v) is 2.34. The molecule has 0 unspecified atom stereocenters. The van der Waals surface area contributed by atoms with Crippen LogP contribution in [0.1, 0.15) is 37.3 Å². The van der Waals surface area contributed by atoms with Crippen molar-refractivity contribution in [2.75, 3.05) is 6.54 Å². The second kappa shape index (κ2) is 5.15. The second-order valence-electron chi connectivity index (χ2n) is 4.02. The molecule has 0 aliphatic rings. The SMILES string of the molecule is Cc1noc(C)c1CCCNC(C)C. The molecule has 0 aliphatic heterocycles. The van der Waals surface area contributed by atoms with E-state index >= 15 is 0 Å². The van der Waals surface area contributed by atoms with Gasteiger partial charge in [-0.05, 0) is 33.2 Å². The summed E-state index contributed by atoms with van der Waals surface area (Å²) in [7, 11) is 0. The molecule has 14 heavy (non-hydrogen) atoms. The van der Waals surface area contributed by atoms with E-state index in [4.69, 9.17) is 4.52 Å². The molecule has 0 bridgehead atoms. The van der Waals surface area contributed by atoms with Gasteiger partial charge >= 0.3 is 0 Å². The van der Waals surface area contributed by atoms with Crippen molar-refractivity contribution in [2.24, 2.45) is 0 Å². The Hall–Kier alpha value is -0.830. The minimum Gasteiger partial charge on any atom is -0.361 e. The molecule has 0 aliphatic carbocycles. The minimum atomic E-state index is 0.569. The molecule has 1 rings (SSSR count). The Balaban J connectivity index is 2.31. The van der Waals surface area contributed by atoms with E-state index < -0.39 is 0 Å². The third kappa shape index (κ3) is 3.14. The van der Waals surface area contributed by atoms with Gasteiger partial charge in [0, 0.05) is 11.6 Å². The number of nitrogens with one attached hydrogen (secondary N) is 1. The Kier molecular flexibility index (Phi) is 4.14. The first kappa shape index (κ1) is 11.2. The first-order chi connectivity index (χ1) is 6.61. The summed E-state index contributed by atoms with van der Waals surface area (Å²) in [6, 6.07) is 0.569. The maximum atomic E-state index is 5.10. The van der Waals surface area contributed by atoms with Crippen LogP contribution in [0, 0.1) is 13.8 Å². The van der Waals surface area contributed by atoms with E-state index in [1.54, 1.807) is 0 Å². The molecule has 1 heterocycles. The molecule has 0 amide bonds. The number of aryl methyl sites for hydroxylation is 2. The fourth-order valence-corrected chi connectivity index (χ4v) is 1.51. The highest BCUT2D eigenvalue weighted by molar-refractivity contribution is 5.20. The summed E-state index contributed by atoms with van der Waals surface area (Å²) in [5.74, 6) is 0.965. The second-order valence-corrected chi connectivity index (χ2v) is 4.02. The van der Waals surface area contributed by atoms with Crippen molar-refractivity contribution >= 4 is 0 Å². The van der Waals surface area contributed by atoms with Crippen LogP contribution in [0.2, 0.25) is 0 Å². The third-order valence-electron chi connectivity index (χ3n) is 2.34. The number of hydrogen-bond donors (Lipinski definition) is 1. The van der Waals surface area contributed by atoms with E-state index in [9.17, 15) is 0 Å². The first-order valence-corrected chi connectivity index (χ1v) is 5.26. The van der Waals surface area contributed by atoms with Crippen LogP contribution in [-0.4, -0.2) is 17.7 Å². The van der Waals surface area contributed by atoms with Gasteiger partial charge in [-0.3, -0.25) is 0 Å². The Morgan fingerprint density at radius 2 is 2.07 bits per heavy atom. The molecule has 1 aromatic heterocycles. The lowest BCUT2D eigenvalue weighted by Gasteiger charge is -2.07. The highest BCUT2D eigenvalue weighted by atomic mass is 16.5. The average molecular weight is 196 g/mol. The predicted molar refractivity (Wildman–Crippen MR) is 57.4 cm³/mol. The Labute approximate surface area is 85.9 Å². The number of aromatic nitrogens is 1. The van der Waals surface area contributed by atoms with Gasteiger partial charge in [-0.1, -0.05) is 19.0 Å². The van der Waals surface area contributed by atoms with Gasteiger partial charge in [0.1, 0.15) is 5.76 Å². The van der Waals surface area contributed by atoms with Gasteiger partial charge in [-0.15, -0.1) is 0 Å². The quantitative estimate of drug-likeness (QED) is 0.734. The summed E-state index contributed by atoms with van der Waals surface area (Å²) in [4.78, 5) is 0. The lowest BCUT2D eigenvalue weighted by Crippen LogP contribution is -2.23. The summed E-state index contributed by atoms with van der Waals surface area (Å²) < 4.78 is 5.10. The molecule has 3 heteroatoms. The fourth-order valence-electron chi connectivity index (χ4n) is 1.51. The Bertz CT molecular complexity index is 259. The summed E-state index contributed by atoms with van der Waals surface area (Å²) in [5.41, 5.74) is 2.31. The van der Waals surface area contributed by atoms with Crippen molar-refractivity contribution in [3.63, 3.8) is 0 Å².